The van der Waals surface area contributed by atoms with Gasteiger partial charge < -0.3 is 0 Å². The van der Waals surface area contributed by atoms with E-state index in [4.69, 9.17) is 0 Å². The number of aryl methyl sites for hydroxylation is 1. The topological polar surface area (TPSA) is 38.7 Å². The Balaban J connectivity index is 0.000000145. The van der Waals surface area contributed by atoms with E-state index in [1.165, 1.54) is 53.9 Å². The molecular formula is C25H21N3. The predicted molar refractivity (Wildman–Crippen MR) is 115 cm³/mol. The molecule has 0 amide bonds. The second-order valence-electron chi connectivity index (χ2n) is 7.23. The standard InChI is InChI=1S/C18H16.C7H5N3/c1-3-7-15-13(5-1)9-11-18-16-8-4-2-6-14(16)10-12-17(15)18;1-2-8-3-6-4-9-5-10-7(1)6/h1,3-5,7-9,11H,2,6,10,12H2;1-5H. The number of benzene rings is 2. The molecule has 2 aliphatic rings. The van der Waals surface area contributed by atoms with Gasteiger partial charge in [0.25, 0.3) is 0 Å². The highest BCUT2D eigenvalue weighted by atomic mass is 14.8. The molecule has 0 aliphatic heterocycles. The van der Waals surface area contributed by atoms with Crippen molar-refractivity contribution in [2.24, 2.45) is 0 Å². The smallest absolute Gasteiger partial charge is 0.116 e. The van der Waals surface area contributed by atoms with Crippen molar-refractivity contribution in [3.63, 3.8) is 0 Å². The summed E-state index contributed by atoms with van der Waals surface area (Å²) in [6.07, 6.45) is 16.3. The first-order valence-electron chi connectivity index (χ1n) is 9.79. The molecule has 0 bridgehead atoms. The van der Waals surface area contributed by atoms with Crippen LogP contribution in [0.25, 0.3) is 27.2 Å². The van der Waals surface area contributed by atoms with Crippen LogP contribution in [-0.4, -0.2) is 15.0 Å². The Labute approximate surface area is 164 Å². The van der Waals surface area contributed by atoms with Crippen LogP contribution >= 0.6 is 0 Å². The van der Waals surface area contributed by atoms with Gasteiger partial charge in [0.05, 0.1) is 5.52 Å². The maximum Gasteiger partial charge on any atom is 0.116 e. The molecule has 4 aromatic rings. The molecule has 0 unspecified atom stereocenters. The van der Waals surface area contributed by atoms with Gasteiger partial charge >= 0.3 is 0 Å². The minimum atomic E-state index is 0.935. The fourth-order valence-corrected chi connectivity index (χ4v) is 4.21. The van der Waals surface area contributed by atoms with Crippen molar-refractivity contribution in [3.05, 3.63) is 96.2 Å². The third-order valence-electron chi connectivity index (χ3n) is 5.59. The van der Waals surface area contributed by atoms with Gasteiger partial charge in [0.15, 0.2) is 0 Å². The zero-order valence-electron chi connectivity index (χ0n) is 15.7. The highest BCUT2D eigenvalue weighted by Gasteiger charge is 2.20. The Morgan fingerprint density at radius 2 is 1.71 bits per heavy atom. The third kappa shape index (κ3) is 3.09. The van der Waals surface area contributed by atoms with E-state index in [1.54, 1.807) is 29.7 Å². The first-order valence-corrected chi connectivity index (χ1v) is 9.79. The van der Waals surface area contributed by atoms with Crippen molar-refractivity contribution in [2.75, 3.05) is 0 Å². The summed E-state index contributed by atoms with van der Waals surface area (Å²) in [7, 11) is 0. The van der Waals surface area contributed by atoms with Crippen molar-refractivity contribution in [2.45, 2.75) is 25.7 Å². The normalized spacial score (nSPS) is 15.0. The number of nitrogens with zero attached hydrogens (tertiary/aromatic N) is 3. The highest BCUT2D eigenvalue weighted by molar-refractivity contribution is 5.93. The number of fused-ring (bicyclic) bond motifs is 5. The van der Waals surface area contributed by atoms with E-state index in [1.807, 2.05) is 6.07 Å². The number of hydrogen-bond donors (Lipinski definition) is 0. The number of pyridine rings is 1. The van der Waals surface area contributed by atoms with Crippen LogP contribution in [0.4, 0.5) is 0 Å². The van der Waals surface area contributed by atoms with Crippen LogP contribution in [-0.2, 0) is 6.42 Å². The largest absolute Gasteiger partial charge is 0.264 e. The lowest BCUT2D eigenvalue weighted by atomic mass is 9.80. The van der Waals surface area contributed by atoms with Crippen molar-refractivity contribution in [3.8, 4) is 0 Å². The second kappa shape index (κ2) is 7.35. The van der Waals surface area contributed by atoms with Crippen LogP contribution < -0.4 is 0 Å². The van der Waals surface area contributed by atoms with Crippen molar-refractivity contribution in [1.29, 1.82) is 0 Å². The summed E-state index contributed by atoms with van der Waals surface area (Å²) in [6, 6.07) is 15.2. The lowest BCUT2D eigenvalue weighted by Crippen LogP contribution is -2.06. The molecule has 0 N–H and O–H groups in total. The van der Waals surface area contributed by atoms with Gasteiger partial charge in [-0.05, 0) is 59.2 Å². The average Bonchev–Trinajstić information content (AvgIpc) is 2.79. The molecule has 0 radical (unpaired) electrons. The lowest BCUT2D eigenvalue weighted by Gasteiger charge is -2.25. The fourth-order valence-electron chi connectivity index (χ4n) is 4.21. The summed E-state index contributed by atoms with van der Waals surface area (Å²) >= 11 is 0. The molecule has 2 aromatic carbocycles. The molecule has 0 fully saturated rings. The summed E-state index contributed by atoms with van der Waals surface area (Å²) in [4.78, 5) is 11.8. The average molecular weight is 363 g/mol. The van der Waals surface area contributed by atoms with Crippen LogP contribution in [0.5, 0.6) is 0 Å². The number of aromatic nitrogens is 3. The summed E-state index contributed by atoms with van der Waals surface area (Å²) in [6.45, 7) is 0. The molecule has 2 aliphatic carbocycles. The van der Waals surface area contributed by atoms with Crippen LogP contribution in [0, 0.1) is 0 Å². The summed E-state index contributed by atoms with van der Waals surface area (Å²) in [5.74, 6) is 0. The number of allylic oxidation sites excluding steroid dienone is 4. The quantitative estimate of drug-likeness (QED) is 0.389. The van der Waals surface area contributed by atoms with E-state index < -0.39 is 0 Å². The Morgan fingerprint density at radius 3 is 2.68 bits per heavy atom. The van der Waals surface area contributed by atoms with E-state index in [0.717, 1.165) is 10.9 Å². The molecule has 0 saturated carbocycles. The molecular weight excluding hydrogens is 342 g/mol. The summed E-state index contributed by atoms with van der Waals surface area (Å²) in [5, 5.41) is 3.80. The molecule has 0 saturated heterocycles. The summed E-state index contributed by atoms with van der Waals surface area (Å²) < 4.78 is 0. The second-order valence-corrected chi connectivity index (χ2v) is 7.23. The minimum Gasteiger partial charge on any atom is -0.264 e. The zero-order chi connectivity index (χ0) is 18.8. The monoisotopic (exact) mass is 363 g/mol. The van der Waals surface area contributed by atoms with Crippen LogP contribution in [0.2, 0.25) is 0 Å². The van der Waals surface area contributed by atoms with Gasteiger partial charge in [-0.2, -0.15) is 0 Å². The molecule has 2 aromatic heterocycles. The van der Waals surface area contributed by atoms with Crippen LogP contribution in [0.3, 0.4) is 0 Å². The molecule has 0 atom stereocenters. The van der Waals surface area contributed by atoms with E-state index in [2.05, 4.69) is 63.5 Å². The van der Waals surface area contributed by atoms with E-state index in [0.29, 0.717) is 0 Å². The van der Waals surface area contributed by atoms with Gasteiger partial charge in [-0.1, -0.05) is 54.1 Å². The van der Waals surface area contributed by atoms with Gasteiger partial charge in [-0.15, -0.1) is 0 Å². The molecule has 0 spiro atoms. The van der Waals surface area contributed by atoms with Crippen molar-refractivity contribution in [1.82, 2.24) is 15.0 Å². The molecule has 2 heterocycles. The van der Waals surface area contributed by atoms with E-state index >= 15 is 0 Å². The van der Waals surface area contributed by atoms with Crippen LogP contribution in [0.15, 0.2) is 85.1 Å². The van der Waals surface area contributed by atoms with Crippen LogP contribution in [0.1, 0.15) is 30.4 Å². The Hall–Kier alpha value is -3.33. The molecule has 6 rings (SSSR count). The lowest BCUT2D eigenvalue weighted by molar-refractivity contribution is 0.831. The Morgan fingerprint density at radius 1 is 0.786 bits per heavy atom. The summed E-state index contributed by atoms with van der Waals surface area (Å²) in [5.41, 5.74) is 7.14. The predicted octanol–water partition coefficient (Wildman–Crippen LogP) is 5.91. The Kier molecular flexibility index (Phi) is 4.42. The number of hydrogen-bond acceptors (Lipinski definition) is 3. The molecule has 136 valence electrons. The van der Waals surface area contributed by atoms with Gasteiger partial charge in [-0.25, -0.2) is 9.97 Å². The van der Waals surface area contributed by atoms with Gasteiger partial charge in [-0.3, -0.25) is 4.98 Å². The SMILES string of the molecule is C1=CC2=C(CC1)CCc1c2ccc2ccccc12.c1cc2ncncc2cn1. The van der Waals surface area contributed by atoms with Gasteiger partial charge in [0.1, 0.15) is 6.33 Å². The number of rotatable bonds is 0. The van der Waals surface area contributed by atoms with Crippen molar-refractivity contribution >= 4 is 27.2 Å². The molecule has 3 heteroatoms. The fraction of sp³-hybridized carbons (Fsp3) is 0.160. The van der Waals surface area contributed by atoms with Gasteiger partial charge in [0.2, 0.25) is 0 Å². The molecule has 3 nitrogen and oxygen atoms in total. The Bertz CT molecular complexity index is 1160. The molecule has 28 heavy (non-hydrogen) atoms. The highest BCUT2D eigenvalue weighted by Crippen LogP contribution is 2.39. The third-order valence-corrected chi connectivity index (χ3v) is 5.59. The van der Waals surface area contributed by atoms with E-state index in [9.17, 15) is 0 Å². The maximum atomic E-state index is 4.03. The minimum absolute atomic E-state index is 0.935. The zero-order valence-corrected chi connectivity index (χ0v) is 15.7. The van der Waals surface area contributed by atoms with E-state index in [-0.39, 0.29) is 0 Å². The first kappa shape index (κ1) is 16.8. The first-order chi connectivity index (χ1) is 13.9. The maximum absolute atomic E-state index is 4.03. The van der Waals surface area contributed by atoms with Crippen molar-refractivity contribution < 1.29 is 0 Å². The van der Waals surface area contributed by atoms with Gasteiger partial charge in [0, 0.05) is 24.0 Å².